The van der Waals surface area contributed by atoms with Gasteiger partial charge in [0, 0.05) is 13.1 Å². The van der Waals surface area contributed by atoms with Crippen molar-refractivity contribution in [2.75, 3.05) is 32.8 Å². The number of aliphatic hydroxyl groups excluding tert-OH is 1. The number of nitrogens with one attached hydrogen (secondary N) is 2. The molecule has 0 aliphatic heterocycles. The van der Waals surface area contributed by atoms with E-state index in [0.29, 0.717) is 41.3 Å². The average molecular weight is 506 g/mol. The Hall–Kier alpha value is -1.02. The van der Waals surface area contributed by atoms with E-state index in [9.17, 15) is 0 Å². The largest absolute Gasteiger partial charge is 0.490 e. The summed E-state index contributed by atoms with van der Waals surface area (Å²) < 4.78 is 12.7. The van der Waals surface area contributed by atoms with Gasteiger partial charge in [-0.05, 0) is 77.8 Å². The van der Waals surface area contributed by atoms with Crippen LogP contribution in [-0.4, -0.2) is 38.0 Å². The Labute approximate surface area is 190 Å². The normalized spacial score (nSPS) is 10.9. The number of halogens is 3. The Bertz CT molecular complexity index is 778. The molecule has 0 bridgehead atoms. The quantitative estimate of drug-likeness (QED) is 0.341. The van der Waals surface area contributed by atoms with Crippen molar-refractivity contribution >= 4 is 39.1 Å². The molecule has 8 heteroatoms. The highest BCUT2D eigenvalue weighted by atomic mass is 79.9. The summed E-state index contributed by atoms with van der Waals surface area (Å²) in [5.41, 5.74) is 2.03. The fourth-order valence-electron chi connectivity index (χ4n) is 2.69. The van der Waals surface area contributed by atoms with Gasteiger partial charge in [0.25, 0.3) is 0 Å². The third kappa shape index (κ3) is 8.32. The number of benzene rings is 2. The maximum atomic E-state index is 8.75. The highest BCUT2D eigenvalue weighted by Gasteiger charge is 2.13. The van der Waals surface area contributed by atoms with Gasteiger partial charge in [-0.25, -0.2) is 0 Å². The molecule has 2 aromatic carbocycles. The van der Waals surface area contributed by atoms with Crippen molar-refractivity contribution in [3.63, 3.8) is 0 Å². The molecular formula is C21H27BrCl2N2O3. The minimum absolute atomic E-state index is 0.168. The molecule has 5 nitrogen and oxygen atoms in total. The number of hydrogen-bond donors (Lipinski definition) is 3. The maximum absolute atomic E-state index is 8.75. The third-order valence-corrected chi connectivity index (χ3v) is 5.39. The van der Waals surface area contributed by atoms with E-state index in [4.69, 9.17) is 37.8 Å². The lowest BCUT2D eigenvalue weighted by Crippen LogP contribution is -2.23. The van der Waals surface area contributed by atoms with Crippen molar-refractivity contribution in [3.8, 4) is 11.5 Å². The van der Waals surface area contributed by atoms with Crippen LogP contribution in [0.4, 0.5) is 0 Å². The molecule has 0 unspecified atom stereocenters. The van der Waals surface area contributed by atoms with Crippen LogP contribution in [0.3, 0.4) is 0 Å². The number of rotatable bonds is 13. The van der Waals surface area contributed by atoms with Crippen molar-refractivity contribution in [1.29, 1.82) is 0 Å². The molecule has 0 heterocycles. The lowest BCUT2D eigenvalue weighted by atomic mass is 10.2. The molecule has 0 radical (unpaired) electrons. The summed E-state index contributed by atoms with van der Waals surface area (Å²) in [6.45, 7) is 6.14. The first-order chi connectivity index (χ1) is 14.0. The summed E-state index contributed by atoms with van der Waals surface area (Å²) in [7, 11) is 0. The molecule has 160 valence electrons. The van der Waals surface area contributed by atoms with Gasteiger partial charge in [-0.15, -0.1) is 0 Å². The predicted octanol–water partition coefficient (Wildman–Crippen LogP) is 4.80. The van der Waals surface area contributed by atoms with Crippen LogP contribution in [0.25, 0.3) is 0 Å². The van der Waals surface area contributed by atoms with E-state index in [-0.39, 0.29) is 6.61 Å². The van der Waals surface area contributed by atoms with Gasteiger partial charge >= 0.3 is 0 Å². The zero-order chi connectivity index (χ0) is 21.1. The summed E-state index contributed by atoms with van der Waals surface area (Å²) in [6, 6.07) is 9.47. The van der Waals surface area contributed by atoms with Gasteiger partial charge in [-0.2, -0.15) is 0 Å². The second-order valence-electron chi connectivity index (χ2n) is 6.38. The van der Waals surface area contributed by atoms with Gasteiger partial charge in [0.1, 0.15) is 6.61 Å². The first kappa shape index (κ1) is 24.3. The van der Waals surface area contributed by atoms with E-state index in [2.05, 4.69) is 26.6 Å². The van der Waals surface area contributed by atoms with Crippen molar-refractivity contribution in [1.82, 2.24) is 10.6 Å². The Morgan fingerprint density at radius 1 is 0.966 bits per heavy atom. The Morgan fingerprint density at radius 3 is 2.48 bits per heavy atom. The number of hydrogen-bond acceptors (Lipinski definition) is 5. The van der Waals surface area contributed by atoms with Crippen LogP contribution >= 0.6 is 39.1 Å². The van der Waals surface area contributed by atoms with E-state index in [1.807, 2.05) is 25.1 Å². The van der Waals surface area contributed by atoms with Crippen molar-refractivity contribution in [2.24, 2.45) is 0 Å². The van der Waals surface area contributed by atoms with Crippen LogP contribution in [0.5, 0.6) is 11.5 Å². The molecule has 29 heavy (non-hydrogen) atoms. The molecular weight excluding hydrogens is 479 g/mol. The first-order valence-electron chi connectivity index (χ1n) is 9.59. The van der Waals surface area contributed by atoms with E-state index >= 15 is 0 Å². The third-order valence-electron chi connectivity index (χ3n) is 4.06. The van der Waals surface area contributed by atoms with Gasteiger partial charge in [-0.3, -0.25) is 0 Å². The van der Waals surface area contributed by atoms with Gasteiger partial charge in [-0.1, -0.05) is 29.3 Å². The van der Waals surface area contributed by atoms with E-state index in [1.165, 1.54) is 0 Å². The van der Waals surface area contributed by atoms with E-state index < -0.39 is 0 Å². The SMILES string of the molecule is CCOc1cc(CNCCCNCCO)cc(Br)c1OCc1ccc(Cl)c(Cl)c1. The monoisotopic (exact) mass is 504 g/mol. The van der Waals surface area contributed by atoms with Crippen LogP contribution in [-0.2, 0) is 13.2 Å². The first-order valence-corrected chi connectivity index (χ1v) is 11.1. The van der Waals surface area contributed by atoms with Gasteiger partial charge in [0.2, 0.25) is 0 Å². The summed E-state index contributed by atoms with van der Waals surface area (Å²) in [6.07, 6.45) is 0.990. The van der Waals surface area contributed by atoms with Crippen LogP contribution in [0.15, 0.2) is 34.8 Å². The topological polar surface area (TPSA) is 62.8 Å². The Morgan fingerprint density at radius 2 is 1.76 bits per heavy atom. The minimum atomic E-state index is 0.168. The minimum Gasteiger partial charge on any atom is -0.490 e. The fourth-order valence-corrected chi connectivity index (χ4v) is 3.61. The summed E-state index contributed by atoms with van der Waals surface area (Å²) >= 11 is 15.7. The average Bonchev–Trinajstić information content (AvgIpc) is 2.69. The van der Waals surface area contributed by atoms with Crippen molar-refractivity contribution in [3.05, 3.63) is 56.0 Å². The molecule has 0 spiro atoms. The zero-order valence-electron chi connectivity index (χ0n) is 16.4. The summed E-state index contributed by atoms with van der Waals surface area (Å²) in [5, 5.41) is 16.3. The number of ether oxygens (including phenoxy) is 2. The van der Waals surface area contributed by atoms with Gasteiger partial charge in [0.15, 0.2) is 11.5 Å². The van der Waals surface area contributed by atoms with E-state index in [0.717, 1.165) is 41.7 Å². The standard InChI is InChI=1S/C21H27BrCl2N2O3/c1-2-28-20-12-16(13-26-7-3-6-25-8-9-27)10-17(22)21(20)29-14-15-4-5-18(23)19(24)11-15/h4-5,10-12,25-27H,2-3,6-9,13-14H2,1H3. The molecule has 0 saturated carbocycles. The second-order valence-corrected chi connectivity index (χ2v) is 8.05. The number of aliphatic hydroxyl groups is 1. The van der Waals surface area contributed by atoms with Gasteiger partial charge in [0.05, 0.1) is 27.7 Å². The lowest BCUT2D eigenvalue weighted by molar-refractivity contribution is 0.267. The zero-order valence-corrected chi connectivity index (χ0v) is 19.5. The Kier molecular flexibility index (Phi) is 11.1. The smallest absolute Gasteiger partial charge is 0.175 e. The maximum Gasteiger partial charge on any atom is 0.175 e. The molecule has 0 aliphatic carbocycles. The summed E-state index contributed by atoms with van der Waals surface area (Å²) in [5.74, 6) is 1.36. The molecule has 0 saturated heterocycles. The molecule has 0 aromatic heterocycles. The van der Waals surface area contributed by atoms with Crippen LogP contribution in [0, 0.1) is 0 Å². The fraction of sp³-hybridized carbons (Fsp3) is 0.429. The summed E-state index contributed by atoms with van der Waals surface area (Å²) in [4.78, 5) is 0. The van der Waals surface area contributed by atoms with Crippen LogP contribution in [0.2, 0.25) is 10.0 Å². The molecule has 0 amide bonds. The molecule has 2 aromatic rings. The molecule has 0 aliphatic rings. The predicted molar refractivity (Wildman–Crippen MR) is 122 cm³/mol. The highest BCUT2D eigenvalue weighted by molar-refractivity contribution is 9.10. The lowest BCUT2D eigenvalue weighted by Gasteiger charge is -2.16. The molecule has 3 N–H and O–H groups in total. The van der Waals surface area contributed by atoms with Gasteiger partial charge < -0.3 is 25.2 Å². The van der Waals surface area contributed by atoms with Crippen molar-refractivity contribution in [2.45, 2.75) is 26.5 Å². The molecule has 0 atom stereocenters. The van der Waals surface area contributed by atoms with Crippen LogP contribution in [0.1, 0.15) is 24.5 Å². The van der Waals surface area contributed by atoms with Crippen LogP contribution < -0.4 is 20.1 Å². The Balaban J connectivity index is 1.96. The van der Waals surface area contributed by atoms with E-state index in [1.54, 1.807) is 12.1 Å². The second kappa shape index (κ2) is 13.3. The van der Waals surface area contributed by atoms with Crippen molar-refractivity contribution < 1.29 is 14.6 Å². The molecule has 2 rings (SSSR count). The highest BCUT2D eigenvalue weighted by Crippen LogP contribution is 2.37. The molecule has 0 fully saturated rings.